The van der Waals surface area contributed by atoms with Crippen LogP contribution < -0.4 is 5.73 Å². The Bertz CT molecular complexity index is 325. The van der Waals surface area contributed by atoms with Crippen LogP contribution in [0.15, 0.2) is 24.3 Å². The highest BCUT2D eigenvalue weighted by Gasteiger charge is 1.83. The van der Waals surface area contributed by atoms with Gasteiger partial charge in [0.15, 0.2) is 0 Å². The summed E-state index contributed by atoms with van der Waals surface area (Å²) < 4.78 is 22.8. The van der Waals surface area contributed by atoms with Crippen LogP contribution in [0, 0.1) is 4.78 Å². The first-order valence-corrected chi connectivity index (χ1v) is 4.29. The fourth-order valence-electron chi connectivity index (χ4n) is 0.507. The number of hydrogen-bond acceptors (Lipinski definition) is 4. The molecule has 66 valence electrons. The molecule has 0 aromatic heterocycles. The minimum atomic E-state index is -2.61. The van der Waals surface area contributed by atoms with Gasteiger partial charge in [0.05, 0.1) is 0 Å². The van der Waals surface area contributed by atoms with Gasteiger partial charge in [0.25, 0.3) is 0 Å². The van der Waals surface area contributed by atoms with Gasteiger partial charge in [-0.15, -0.1) is 0 Å². The largest absolute Gasteiger partial charge is 0.399 e. The van der Waals surface area contributed by atoms with E-state index in [0.29, 0.717) is 10.7 Å². The molecule has 0 saturated carbocycles. The van der Waals surface area contributed by atoms with Crippen LogP contribution in [0.1, 0.15) is 0 Å². The molecule has 1 rings (SSSR count). The lowest BCUT2D eigenvalue weighted by molar-refractivity contribution is 0.620. The van der Waals surface area contributed by atoms with Crippen molar-refractivity contribution in [1.82, 2.24) is 0 Å². The van der Waals surface area contributed by atoms with Crippen LogP contribution in [-0.4, -0.2) is 8.42 Å². The second-order valence-electron chi connectivity index (χ2n) is 1.79. The lowest BCUT2D eigenvalue weighted by atomic mass is 10.3. The van der Waals surface area contributed by atoms with Crippen LogP contribution in [-0.2, 0) is 10.5 Å². The van der Waals surface area contributed by atoms with Gasteiger partial charge in [-0.1, -0.05) is 17.7 Å². The molecule has 1 aromatic carbocycles. The number of nitrogen functional groups attached to an aromatic ring is 1. The van der Waals surface area contributed by atoms with Gasteiger partial charge in [-0.2, -0.15) is 13.2 Å². The summed E-state index contributed by atoms with van der Waals surface area (Å²) in [5.74, 6) is 0. The number of benzene rings is 1. The van der Waals surface area contributed by atoms with Crippen molar-refractivity contribution >= 4 is 27.8 Å². The molecule has 1 aromatic rings. The number of hydrogen-bond donors (Lipinski definition) is 2. The third-order valence-corrected chi connectivity index (χ3v) is 1.08. The molecule has 0 spiro atoms. The topological polar surface area (TPSA) is 84.0 Å². The fraction of sp³-hybridized carbons (Fsp3) is 0. The second kappa shape index (κ2) is 5.56. The van der Waals surface area contributed by atoms with Crippen molar-refractivity contribution in [2.45, 2.75) is 0 Å². The maximum absolute atomic E-state index is 8.67. The van der Waals surface area contributed by atoms with Gasteiger partial charge in [-0.3, -0.25) is 0 Å². The van der Waals surface area contributed by atoms with Crippen LogP contribution in [0.25, 0.3) is 0 Å². The van der Waals surface area contributed by atoms with Crippen molar-refractivity contribution < 1.29 is 8.42 Å². The van der Waals surface area contributed by atoms with Crippen LogP contribution >= 0.6 is 11.6 Å². The van der Waals surface area contributed by atoms with E-state index in [2.05, 4.69) is 0 Å². The summed E-state index contributed by atoms with van der Waals surface area (Å²) in [5.41, 5.74) is 6.08. The van der Waals surface area contributed by atoms with E-state index in [0.717, 1.165) is 0 Å². The zero-order chi connectivity index (χ0) is 9.56. The molecule has 0 radical (unpaired) electrons. The van der Waals surface area contributed by atoms with Crippen LogP contribution in [0.5, 0.6) is 0 Å². The van der Waals surface area contributed by atoms with E-state index >= 15 is 0 Å². The molecular weight excluding hydrogens is 200 g/mol. The molecule has 0 saturated heterocycles. The predicted molar refractivity (Wildman–Crippen MR) is 47.5 cm³/mol. The molecule has 3 N–H and O–H groups in total. The third-order valence-electron chi connectivity index (χ3n) is 0.849. The minimum Gasteiger partial charge on any atom is -0.399 e. The SMILES string of the molecule is N=S(=O)=O.Nc1cccc(Cl)c1. The van der Waals surface area contributed by atoms with Gasteiger partial charge in [0.1, 0.15) is 0 Å². The van der Waals surface area contributed by atoms with Crippen LogP contribution in [0.4, 0.5) is 5.69 Å². The van der Waals surface area contributed by atoms with Crippen LogP contribution in [0.2, 0.25) is 5.02 Å². The molecule has 0 aliphatic heterocycles. The summed E-state index contributed by atoms with van der Waals surface area (Å²) in [5, 5.41) is 0.685. The smallest absolute Gasteiger partial charge is 0.308 e. The first kappa shape index (κ1) is 10.9. The first-order chi connectivity index (χ1) is 5.52. The quantitative estimate of drug-likeness (QED) is 0.632. The summed E-state index contributed by atoms with van der Waals surface area (Å²) in [6.07, 6.45) is 0. The molecule has 0 unspecified atom stereocenters. The monoisotopic (exact) mass is 206 g/mol. The molecule has 0 bridgehead atoms. The molecule has 0 aliphatic rings. The van der Waals surface area contributed by atoms with Gasteiger partial charge in [-0.25, -0.2) is 0 Å². The second-order valence-corrected chi connectivity index (χ2v) is 2.70. The normalized spacial score (nSPS) is 8.08. The average molecular weight is 207 g/mol. The van der Waals surface area contributed by atoms with E-state index in [1.165, 1.54) is 0 Å². The molecule has 12 heavy (non-hydrogen) atoms. The average Bonchev–Trinajstić information content (AvgIpc) is 1.84. The summed E-state index contributed by atoms with van der Waals surface area (Å²) in [6.45, 7) is 0. The molecule has 0 aliphatic carbocycles. The zero-order valence-electron chi connectivity index (χ0n) is 5.99. The maximum Gasteiger partial charge on any atom is 0.308 e. The van der Waals surface area contributed by atoms with E-state index < -0.39 is 10.5 Å². The Morgan fingerprint density at radius 1 is 1.42 bits per heavy atom. The molecule has 0 fully saturated rings. The van der Waals surface area contributed by atoms with E-state index in [1.807, 2.05) is 6.07 Å². The number of rotatable bonds is 0. The summed E-state index contributed by atoms with van der Waals surface area (Å²) in [4.78, 5) is 0. The summed E-state index contributed by atoms with van der Waals surface area (Å²) in [7, 11) is -2.61. The fourth-order valence-corrected chi connectivity index (χ4v) is 0.705. The zero-order valence-corrected chi connectivity index (χ0v) is 7.56. The van der Waals surface area contributed by atoms with Crippen molar-refractivity contribution in [3.8, 4) is 0 Å². The van der Waals surface area contributed by atoms with Gasteiger partial charge >= 0.3 is 10.5 Å². The molecule has 0 atom stereocenters. The van der Waals surface area contributed by atoms with E-state index in [1.54, 1.807) is 18.2 Å². The highest BCUT2D eigenvalue weighted by atomic mass is 35.5. The van der Waals surface area contributed by atoms with Gasteiger partial charge in [0, 0.05) is 10.7 Å². The van der Waals surface area contributed by atoms with Gasteiger partial charge in [0.2, 0.25) is 0 Å². The summed E-state index contributed by atoms with van der Waals surface area (Å²) >= 11 is 5.56. The number of nitrogens with two attached hydrogens (primary N) is 1. The van der Waals surface area contributed by atoms with Crippen molar-refractivity contribution in [2.75, 3.05) is 5.73 Å². The Morgan fingerprint density at radius 3 is 2.17 bits per heavy atom. The summed E-state index contributed by atoms with van der Waals surface area (Å²) in [6, 6.07) is 7.11. The first-order valence-electron chi connectivity index (χ1n) is 2.84. The van der Waals surface area contributed by atoms with Crippen LogP contribution in [0.3, 0.4) is 0 Å². The molecule has 0 amide bonds. The van der Waals surface area contributed by atoms with E-state index in [9.17, 15) is 0 Å². The van der Waals surface area contributed by atoms with Gasteiger partial charge < -0.3 is 5.73 Å². The number of nitrogens with one attached hydrogen (secondary N) is 1. The Hall–Kier alpha value is -1.07. The molecule has 0 heterocycles. The third kappa shape index (κ3) is 7.04. The van der Waals surface area contributed by atoms with Crippen molar-refractivity contribution in [1.29, 1.82) is 4.78 Å². The maximum atomic E-state index is 8.67. The standard InChI is InChI=1S/C6H6ClN.HNO2S/c7-5-2-1-3-6(8)4-5;1-4(2)3/h1-4H,8H2;1H. The highest BCUT2D eigenvalue weighted by Crippen LogP contribution is 2.10. The Balaban J connectivity index is 0.000000261. The van der Waals surface area contributed by atoms with Crippen molar-refractivity contribution in [2.24, 2.45) is 0 Å². The van der Waals surface area contributed by atoms with Crippen molar-refractivity contribution in [3.63, 3.8) is 0 Å². The van der Waals surface area contributed by atoms with Gasteiger partial charge in [-0.05, 0) is 18.2 Å². The van der Waals surface area contributed by atoms with Crippen molar-refractivity contribution in [3.05, 3.63) is 29.3 Å². The Morgan fingerprint density at radius 2 is 1.92 bits per heavy atom. The molecule has 4 nitrogen and oxygen atoms in total. The number of halogens is 1. The predicted octanol–water partition coefficient (Wildman–Crippen LogP) is 1.55. The molecule has 6 heteroatoms. The Labute approximate surface area is 76.5 Å². The lowest BCUT2D eigenvalue weighted by Crippen LogP contribution is -1.80. The number of anilines is 1. The van der Waals surface area contributed by atoms with E-state index in [-0.39, 0.29) is 0 Å². The Kier molecular flexibility index (Phi) is 5.07. The molecular formula is C6H7ClN2O2S. The lowest BCUT2D eigenvalue weighted by Gasteiger charge is -1.89. The van der Waals surface area contributed by atoms with E-state index in [4.69, 9.17) is 30.5 Å². The minimum absolute atomic E-state index is 0.685. The highest BCUT2D eigenvalue weighted by molar-refractivity contribution is 7.60.